The number of unbranched alkanes of at least 4 members (excludes halogenated alkanes) is 7. The topological polar surface area (TPSA) is 243 Å². The number of rotatable bonds is 33. The van der Waals surface area contributed by atoms with Crippen molar-refractivity contribution >= 4 is 28.8 Å². The molecular formula is C68H101N5O10. The number of phenols is 1. The number of aromatic hydroxyl groups is 1. The zero-order valence-electron chi connectivity index (χ0n) is 50.7. The van der Waals surface area contributed by atoms with Crippen LogP contribution in [-0.2, 0) is 19.0 Å². The van der Waals surface area contributed by atoms with Gasteiger partial charge in [0.25, 0.3) is 5.91 Å². The van der Waals surface area contributed by atoms with Gasteiger partial charge in [-0.05, 0) is 199 Å². The molecule has 0 aromatic heterocycles. The fourth-order valence-corrected chi connectivity index (χ4v) is 16.1. The first-order valence-corrected chi connectivity index (χ1v) is 32.2. The van der Waals surface area contributed by atoms with Crippen LogP contribution in [0, 0.1) is 46.3 Å². The number of ether oxygens (including phenoxy) is 3. The molecule has 2 aromatic carbocycles. The molecule has 4 fully saturated rings. The third-order valence-electron chi connectivity index (χ3n) is 20.5. The average molecular weight is 1150 g/mol. The number of carboxylic acid groups (broad SMARTS) is 1. The van der Waals surface area contributed by atoms with Crippen LogP contribution in [0.1, 0.15) is 190 Å². The summed E-state index contributed by atoms with van der Waals surface area (Å²) in [6.07, 6.45) is 22.7. The van der Waals surface area contributed by atoms with Crippen molar-refractivity contribution in [2.75, 3.05) is 59.1 Å². The molecule has 5 aliphatic carbocycles. The van der Waals surface area contributed by atoms with Crippen LogP contribution in [0.15, 0.2) is 63.8 Å². The summed E-state index contributed by atoms with van der Waals surface area (Å²) in [6.45, 7) is 15.9. The maximum atomic E-state index is 14.2. The molecule has 1 aliphatic heterocycles. The number of fused-ring (bicyclic) bond motifs is 7. The summed E-state index contributed by atoms with van der Waals surface area (Å²) in [5.74, 6) is 1.79. The van der Waals surface area contributed by atoms with E-state index in [1.165, 1.54) is 75.3 Å². The minimum atomic E-state index is -1.22. The van der Waals surface area contributed by atoms with E-state index in [4.69, 9.17) is 35.8 Å². The van der Waals surface area contributed by atoms with Crippen LogP contribution in [0.5, 0.6) is 5.75 Å². The van der Waals surface area contributed by atoms with Gasteiger partial charge in [0, 0.05) is 85.5 Å². The molecular weight excluding hydrogens is 1050 g/mol. The summed E-state index contributed by atoms with van der Waals surface area (Å²) in [5.41, 5.74) is 19.7. The quantitative estimate of drug-likeness (QED) is 0.0192. The van der Waals surface area contributed by atoms with E-state index in [0.717, 1.165) is 96.7 Å². The van der Waals surface area contributed by atoms with E-state index in [2.05, 4.69) is 37.9 Å². The maximum absolute atomic E-state index is 14.2. The number of hydrogen-bond donors (Lipinski definition) is 6. The predicted molar refractivity (Wildman–Crippen MR) is 329 cm³/mol. The Morgan fingerprint density at radius 3 is 2.23 bits per heavy atom. The zero-order chi connectivity index (χ0) is 59.1. The van der Waals surface area contributed by atoms with Crippen molar-refractivity contribution in [3.8, 4) is 28.2 Å². The second kappa shape index (κ2) is 30.4. The largest absolute Gasteiger partial charge is 0.508 e. The van der Waals surface area contributed by atoms with Gasteiger partial charge in [-0.25, -0.2) is 4.79 Å². The van der Waals surface area contributed by atoms with E-state index in [-0.39, 0.29) is 68.7 Å². The lowest BCUT2D eigenvalue weighted by atomic mass is 9.43. The van der Waals surface area contributed by atoms with Crippen LogP contribution in [0.4, 0.5) is 0 Å². The monoisotopic (exact) mass is 1150 g/mol. The first kappa shape index (κ1) is 64.1. The molecule has 1 heterocycles. The number of phenolic OH excluding ortho intramolecular Hbond substituents is 1. The minimum Gasteiger partial charge on any atom is -0.508 e. The lowest BCUT2D eigenvalue weighted by molar-refractivity contribution is -0.227. The molecule has 2 aromatic rings. The fraction of sp³-hybridized carbons (Fsp3) is 0.676. The Balaban J connectivity index is 0.877. The van der Waals surface area contributed by atoms with E-state index in [1.54, 1.807) is 24.3 Å². The van der Waals surface area contributed by atoms with Crippen molar-refractivity contribution in [1.29, 1.82) is 0 Å². The van der Waals surface area contributed by atoms with Crippen molar-refractivity contribution in [2.45, 2.75) is 187 Å². The minimum absolute atomic E-state index is 0.000905. The standard InChI is InChI=1S/C68H101N5O10/c1-5-6-7-8-9-13-34-73(62(76)19-11-10-12-33-72-65(77)46-20-23-51(54(39-46)66(78)79)63-52-24-21-48(74)42-58(52)83-59-43-49(75)22-25-53(59)63)35-14-18-45(2)55-26-27-56-64-57(44-61(68(55,56)4)82-38-17-32-71)67(3)29-28-50(80-36-15-30-69)40-47(67)41-60(64)81-37-16-31-70/h20-25,39,42-43,45,47,50,55-57,60-61,64,74H,5-19,26-38,40-41,44,69-71H2,1-4H3,(H,72,77)(H,78,79)/t45-,47?,50-,55-,56+,57+,60-,61+,64?,67+,68-/m1/s1. The number of amides is 2. The molecule has 4 saturated carbocycles. The summed E-state index contributed by atoms with van der Waals surface area (Å²) in [6, 6.07) is 13.4. The van der Waals surface area contributed by atoms with Crippen molar-refractivity contribution in [2.24, 2.45) is 63.5 Å². The molecule has 0 bridgehead atoms. The van der Waals surface area contributed by atoms with E-state index in [9.17, 15) is 29.4 Å². The Kier molecular flexibility index (Phi) is 23.5. The van der Waals surface area contributed by atoms with Crippen LogP contribution in [-0.4, -0.2) is 110 Å². The van der Waals surface area contributed by atoms with Gasteiger partial charge in [-0.15, -0.1) is 0 Å². The van der Waals surface area contributed by atoms with E-state index in [0.29, 0.717) is 116 Å². The van der Waals surface area contributed by atoms with Crippen LogP contribution >= 0.6 is 0 Å². The van der Waals surface area contributed by atoms with Gasteiger partial charge < -0.3 is 56.3 Å². The Morgan fingerprint density at radius 2 is 1.47 bits per heavy atom. The molecule has 6 aliphatic rings. The SMILES string of the molecule is CCCCCCCCN(CCC[C@@H](C)[C@H]1CC[C@H]2C3[C@H](OCCCN)CC4C[C@H](OCCCN)CC[C@]4(C)[C@H]3C[C@H](OCCCN)[C@]12C)C(=O)CCCCCNC(=O)c1ccc(-c2c3ccc(=O)cc-3oc3cc(O)ccc23)c(C(=O)O)c1. The molecule has 0 spiro atoms. The van der Waals surface area contributed by atoms with Crippen LogP contribution in [0.25, 0.3) is 33.4 Å². The van der Waals surface area contributed by atoms with Gasteiger partial charge in [0.05, 0.1) is 23.9 Å². The molecule has 11 atom stereocenters. The number of carboxylic acids is 1. The van der Waals surface area contributed by atoms with Gasteiger partial charge in [0.2, 0.25) is 5.91 Å². The fourth-order valence-electron chi connectivity index (χ4n) is 16.1. The zero-order valence-corrected chi connectivity index (χ0v) is 50.7. The Bertz CT molecular complexity index is 2770. The molecule has 2 amide bonds. The highest BCUT2D eigenvalue weighted by atomic mass is 16.5. The van der Waals surface area contributed by atoms with Gasteiger partial charge >= 0.3 is 5.97 Å². The summed E-state index contributed by atoms with van der Waals surface area (Å²) >= 11 is 0. The van der Waals surface area contributed by atoms with Gasteiger partial charge in [0.1, 0.15) is 17.1 Å². The van der Waals surface area contributed by atoms with Crippen LogP contribution in [0.3, 0.4) is 0 Å². The van der Waals surface area contributed by atoms with E-state index < -0.39 is 11.9 Å². The smallest absolute Gasteiger partial charge is 0.336 e. The molecule has 9 N–H and O–H groups in total. The maximum Gasteiger partial charge on any atom is 0.336 e. The number of hydrogen-bond acceptors (Lipinski definition) is 12. The first-order valence-electron chi connectivity index (χ1n) is 32.2. The molecule has 0 radical (unpaired) electrons. The third kappa shape index (κ3) is 15.2. The number of aromatic carboxylic acids is 1. The molecule has 15 nitrogen and oxygen atoms in total. The number of nitrogens with two attached hydrogens (primary N) is 3. The predicted octanol–water partition coefficient (Wildman–Crippen LogP) is 11.9. The van der Waals surface area contributed by atoms with Crippen LogP contribution < -0.4 is 27.9 Å². The molecule has 458 valence electrons. The van der Waals surface area contributed by atoms with E-state index >= 15 is 0 Å². The van der Waals surface area contributed by atoms with Crippen LogP contribution in [0.2, 0.25) is 0 Å². The van der Waals surface area contributed by atoms with Gasteiger partial charge in [-0.1, -0.05) is 72.3 Å². The molecule has 83 heavy (non-hydrogen) atoms. The number of carbonyl (C=O) groups excluding carboxylic acids is 2. The van der Waals surface area contributed by atoms with E-state index in [1.807, 2.05) is 0 Å². The molecule has 0 saturated heterocycles. The Morgan fingerprint density at radius 1 is 0.759 bits per heavy atom. The van der Waals surface area contributed by atoms with Gasteiger partial charge in [-0.3, -0.25) is 14.4 Å². The molecule has 15 heteroatoms. The Labute approximate surface area is 494 Å². The molecule has 8 rings (SSSR count). The van der Waals surface area contributed by atoms with Crippen molar-refractivity contribution in [3.05, 3.63) is 75.9 Å². The van der Waals surface area contributed by atoms with Crippen molar-refractivity contribution < 1.29 is 43.2 Å². The summed E-state index contributed by atoms with van der Waals surface area (Å²) in [7, 11) is 0. The first-order chi connectivity index (χ1) is 40.2. The second-order valence-corrected chi connectivity index (χ2v) is 25.7. The summed E-state index contributed by atoms with van der Waals surface area (Å²) in [4.78, 5) is 54.9. The lowest BCUT2D eigenvalue weighted by Crippen LogP contribution is -2.63. The Hall–Kier alpha value is -4.90. The highest BCUT2D eigenvalue weighted by molar-refractivity contribution is 6.09. The average Bonchev–Trinajstić information content (AvgIpc) is 2.25. The number of nitrogens with zero attached hydrogens (tertiary/aromatic N) is 1. The number of nitrogens with one attached hydrogen (secondary N) is 1. The van der Waals surface area contributed by atoms with Crippen molar-refractivity contribution in [3.63, 3.8) is 0 Å². The van der Waals surface area contributed by atoms with Gasteiger partial charge in [0.15, 0.2) is 5.43 Å². The summed E-state index contributed by atoms with van der Waals surface area (Å²) < 4.78 is 26.6. The highest BCUT2D eigenvalue weighted by Crippen LogP contribution is 2.69. The molecule has 2 unspecified atom stereocenters. The van der Waals surface area contributed by atoms with Crippen molar-refractivity contribution in [1.82, 2.24) is 10.2 Å². The summed E-state index contributed by atoms with van der Waals surface area (Å²) in [5, 5.41) is 24.2. The lowest BCUT2D eigenvalue weighted by Gasteiger charge is -2.65. The van der Waals surface area contributed by atoms with Gasteiger partial charge in [-0.2, -0.15) is 0 Å². The normalized spacial score (nSPS) is 26.1. The second-order valence-electron chi connectivity index (χ2n) is 25.7. The number of benzene rings is 3. The number of carbonyl (C=O) groups is 3. The third-order valence-corrected chi connectivity index (χ3v) is 20.5. The highest BCUT2D eigenvalue weighted by Gasteiger charge is 2.66.